The minimum atomic E-state index is -0.631. The molecular weight excluding hydrogens is 334 g/mol. The summed E-state index contributed by atoms with van der Waals surface area (Å²) in [5.74, 6) is 0.661. The van der Waals surface area contributed by atoms with Crippen molar-refractivity contribution in [3.8, 4) is 11.5 Å². The Hall–Kier alpha value is -3.02. The minimum absolute atomic E-state index is 0.257. The number of ether oxygens (including phenoxy) is 3. The number of amides is 1. The molecule has 26 heavy (non-hydrogen) atoms. The van der Waals surface area contributed by atoms with E-state index >= 15 is 0 Å². The molecule has 6 heteroatoms. The van der Waals surface area contributed by atoms with Crippen molar-refractivity contribution in [2.24, 2.45) is 0 Å². The molecule has 0 aliphatic heterocycles. The van der Waals surface area contributed by atoms with Crippen LogP contribution in [0, 0.1) is 0 Å². The highest BCUT2D eigenvalue weighted by atomic mass is 16.5. The van der Waals surface area contributed by atoms with Crippen molar-refractivity contribution in [1.82, 2.24) is 0 Å². The number of hydrogen-bond donors (Lipinski definition) is 1. The number of rotatable bonds is 8. The van der Waals surface area contributed by atoms with Crippen LogP contribution in [-0.2, 0) is 9.53 Å². The summed E-state index contributed by atoms with van der Waals surface area (Å²) in [7, 11) is 1.59. The Bertz CT molecular complexity index is 725. The lowest BCUT2D eigenvalue weighted by Crippen LogP contribution is -2.32. The van der Waals surface area contributed by atoms with Crippen LogP contribution in [0.25, 0.3) is 0 Å². The van der Waals surface area contributed by atoms with Crippen LogP contribution in [0.5, 0.6) is 11.5 Å². The Labute approximate surface area is 153 Å². The molecule has 2 aromatic rings. The lowest BCUT2D eigenvalue weighted by molar-refractivity contribution is -0.122. The van der Waals surface area contributed by atoms with Gasteiger partial charge in [-0.2, -0.15) is 0 Å². The lowest BCUT2D eigenvalue weighted by atomic mass is 10.2. The third-order valence-electron chi connectivity index (χ3n) is 3.66. The van der Waals surface area contributed by atoms with E-state index in [1.165, 1.54) is 0 Å². The number of nitrogens with one attached hydrogen (secondary N) is 1. The molecule has 0 radical (unpaired) electrons. The van der Waals surface area contributed by atoms with Gasteiger partial charge in [0.25, 0.3) is 5.91 Å². The van der Waals surface area contributed by atoms with Crippen molar-refractivity contribution in [2.45, 2.75) is 26.4 Å². The molecule has 0 fully saturated rings. The Balaban J connectivity index is 1.98. The molecule has 138 valence electrons. The predicted octanol–water partition coefficient (Wildman–Crippen LogP) is 3.67. The first-order valence-corrected chi connectivity index (χ1v) is 8.46. The van der Waals surface area contributed by atoms with E-state index in [0.29, 0.717) is 30.0 Å². The van der Waals surface area contributed by atoms with Crippen LogP contribution in [0.2, 0.25) is 0 Å². The van der Waals surface area contributed by atoms with Crippen molar-refractivity contribution in [1.29, 1.82) is 0 Å². The third-order valence-corrected chi connectivity index (χ3v) is 3.66. The zero-order chi connectivity index (χ0) is 18.9. The van der Waals surface area contributed by atoms with Crippen LogP contribution in [-0.4, -0.2) is 31.7 Å². The van der Waals surface area contributed by atoms with Crippen molar-refractivity contribution >= 4 is 17.6 Å². The van der Waals surface area contributed by atoms with Gasteiger partial charge in [0.15, 0.2) is 6.10 Å². The van der Waals surface area contributed by atoms with Gasteiger partial charge in [-0.05, 0) is 61.9 Å². The number of hydrogen-bond acceptors (Lipinski definition) is 5. The first-order chi connectivity index (χ1) is 12.6. The molecule has 0 heterocycles. The fraction of sp³-hybridized carbons (Fsp3) is 0.300. The van der Waals surface area contributed by atoms with E-state index in [1.54, 1.807) is 62.6 Å². The smallest absolute Gasteiger partial charge is 0.338 e. The largest absolute Gasteiger partial charge is 0.497 e. The molecule has 0 aliphatic carbocycles. The average molecular weight is 357 g/mol. The van der Waals surface area contributed by atoms with Crippen LogP contribution in [0.15, 0.2) is 48.5 Å². The van der Waals surface area contributed by atoms with Crippen molar-refractivity contribution in [3.05, 3.63) is 54.1 Å². The molecule has 0 aromatic heterocycles. The zero-order valence-corrected chi connectivity index (χ0v) is 15.2. The number of esters is 1. The van der Waals surface area contributed by atoms with Crippen LogP contribution in [0.3, 0.4) is 0 Å². The molecule has 0 saturated heterocycles. The molecule has 0 spiro atoms. The summed E-state index contributed by atoms with van der Waals surface area (Å²) in [6, 6.07) is 13.6. The highest BCUT2D eigenvalue weighted by molar-refractivity contribution is 5.95. The zero-order valence-electron chi connectivity index (χ0n) is 15.2. The molecule has 2 rings (SSSR count). The maximum absolute atomic E-state index is 12.4. The molecule has 0 bridgehead atoms. The van der Waals surface area contributed by atoms with Crippen molar-refractivity contribution < 1.29 is 23.8 Å². The van der Waals surface area contributed by atoms with E-state index in [4.69, 9.17) is 14.2 Å². The molecule has 0 saturated carbocycles. The first-order valence-electron chi connectivity index (χ1n) is 8.46. The average Bonchev–Trinajstić information content (AvgIpc) is 2.67. The van der Waals surface area contributed by atoms with Gasteiger partial charge in [-0.25, -0.2) is 4.79 Å². The van der Waals surface area contributed by atoms with Gasteiger partial charge in [0, 0.05) is 5.69 Å². The van der Waals surface area contributed by atoms with Gasteiger partial charge < -0.3 is 19.5 Å². The summed E-state index contributed by atoms with van der Waals surface area (Å²) in [6.07, 6.45) is -0.119. The van der Waals surface area contributed by atoms with Crippen LogP contribution in [0.1, 0.15) is 30.6 Å². The second-order valence-electron chi connectivity index (χ2n) is 5.48. The van der Waals surface area contributed by atoms with Gasteiger partial charge in [0.05, 0.1) is 19.3 Å². The summed E-state index contributed by atoms with van der Waals surface area (Å²) in [4.78, 5) is 24.1. The van der Waals surface area contributed by atoms with Gasteiger partial charge in [-0.15, -0.1) is 0 Å². The highest BCUT2D eigenvalue weighted by Gasteiger charge is 2.19. The normalized spacial score (nSPS) is 11.3. The molecule has 1 atom stereocenters. The van der Waals surface area contributed by atoms with Crippen molar-refractivity contribution in [3.63, 3.8) is 0 Å². The van der Waals surface area contributed by atoms with Crippen LogP contribution < -0.4 is 14.8 Å². The highest BCUT2D eigenvalue weighted by Crippen LogP contribution is 2.20. The van der Waals surface area contributed by atoms with Gasteiger partial charge >= 0.3 is 5.97 Å². The predicted molar refractivity (Wildman–Crippen MR) is 98.7 cm³/mol. The van der Waals surface area contributed by atoms with Crippen molar-refractivity contribution in [2.75, 3.05) is 19.0 Å². The first kappa shape index (κ1) is 19.3. The summed E-state index contributed by atoms with van der Waals surface area (Å²) in [5.41, 5.74) is 1.02. The van der Waals surface area contributed by atoms with Gasteiger partial charge in [0.1, 0.15) is 11.5 Å². The second kappa shape index (κ2) is 9.46. The monoisotopic (exact) mass is 357 g/mol. The number of methoxy groups -OCH3 is 1. The standard InChI is InChI=1S/C20H23NO5/c1-4-18(26-17-12-10-16(24-3)11-13-17)19(22)21-15-8-6-14(7-9-15)20(23)25-5-2/h6-13,18H,4-5H2,1-3H3,(H,21,22). The number of carbonyl (C=O) groups excluding carboxylic acids is 2. The van der Waals surface area contributed by atoms with Gasteiger partial charge in [-0.1, -0.05) is 6.92 Å². The molecule has 6 nitrogen and oxygen atoms in total. The lowest BCUT2D eigenvalue weighted by Gasteiger charge is -2.17. The number of benzene rings is 2. The Morgan fingerprint density at radius 3 is 2.12 bits per heavy atom. The second-order valence-corrected chi connectivity index (χ2v) is 5.48. The molecular formula is C20H23NO5. The fourth-order valence-electron chi connectivity index (χ4n) is 2.27. The SMILES string of the molecule is CCOC(=O)c1ccc(NC(=O)C(CC)Oc2ccc(OC)cc2)cc1. The van der Waals surface area contributed by atoms with E-state index < -0.39 is 6.10 Å². The van der Waals surface area contributed by atoms with E-state index in [9.17, 15) is 9.59 Å². The maximum Gasteiger partial charge on any atom is 0.338 e. The van der Waals surface area contributed by atoms with E-state index in [-0.39, 0.29) is 11.9 Å². The fourth-order valence-corrected chi connectivity index (χ4v) is 2.27. The van der Waals surface area contributed by atoms with Crippen LogP contribution >= 0.6 is 0 Å². The molecule has 1 N–H and O–H groups in total. The number of anilines is 1. The van der Waals surface area contributed by atoms with Gasteiger partial charge in [-0.3, -0.25) is 4.79 Å². The minimum Gasteiger partial charge on any atom is -0.497 e. The summed E-state index contributed by atoms with van der Waals surface area (Å²) < 4.78 is 15.8. The topological polar surface area (TPSA) is 73.9 Å². The Morgan fingerprint density at radius 2 is 1.58 bits per heavy atom. The molecule has 2 aromatic carbocycles. The Kier molecular flexibility index (Phi) is 7.02. The quantitative estimate of drug-likeness (QED) is 0.730. The maximum atomic E-state index is 12.4. The Morgan fingerprint density at radius 1 is 0.962 bits per heavy atom. The van der Waals surface area contributed by atoms with E-state index in [0.717, 1.165) is 5.75 Å². The third kappa shape index (κ3) is 5.24. The van der Waals surface area contributed by atoms with E-state index in [1.807, 2.05) is 6.92 Å². The summed E-state index contributed by atoms with van der Waals surface area (Å²) >= 11 is 0. The van der Waals surface area contributed by atoms with Gasteiger partial charge in [0.2, 0.25) is 0 Å². The number of carbonyl (C=O) groups is 2. The van der Waals surface area contributed by atoms with Crippen LogP contribution in [0.4, 0.5) is 5.69 Å². The molecule has 1 amide bonds. The molecule has 1 unspecified atom stereocenters. The summed E-state index contributed by atoms with van der Waals surface area (Å²) in [5, 5.41) is 2.79. The summed E-state index contributed by atoms with van der Waals surface area (Å²) in [6.45, 7) is 3.94. The van der Waals surface area contributed by atoms with E-state index in [2.05, 4.69) is 5.32 Å². The molecule has 0 aliphatic rings.